The molecule has 0 bridgehead atoms. The molecule has 1 saturated carbocycles. The van der Waals surface area contributed by atoms with E-state index in [4.69, 9.17) is 15.7 Å². The normalized spacial score (nSPS) is 28.9. The summed E-state index contributed by atoms with van der Waals surface area (Å²) in [5.41, 5.74) is 4.87. The average molecular weight is 168 g/mol. The standard InChI is InChI=1S/C8H12N2O2/c9-5-6-3-1-2-4-7(6)12-8(10)11/h6-7H,1-4H2,(H2,10,11). The lowest BCUT2D eigenvalue weighted by Gasteiger charge is -2.25. The van der Waals surface area contributed by atoms with Crippen molar-refractivity contribution in [1.29, 1.82) is 5.26 Å². The molecule has 1 rings (SSSR count). The van der Waals surface area contributed by atoms with E-state index >= 15 is 0 Å². The highest BCUT2D eigenvalue weighted by atomic mass is 16.6. The quantitative estimate of drug-likeness (QED) is 0.638. The van der Waals surface area contributed by atoms with E-state index in [0.29, 0.717) is 0 Å². The summed E-state index contributed by atoms with van der Waals surface area (Å²) in [4.78, 5) is 10.4. The van der Waals surface area contributed by atoms with Crippen molar-refractivity contribution in [2.75, 3.05) is 0 Å². The highest BCUT2D eigenvalue weighted by Gasteiger charge is 2.27. The number of carbonyl (C=O) groups is 1. The van der Waals surface area contributed by atoms with E-state index < -0.39 is 6.09 Å². The van der Waals surface area contributed by atoms with Crippen LogP contribution in [0.2, 0.25) is 0 Å². The van der Waals surface area contributed by atoms with Gasteiger partial charge in [-0.15, -0.1) is 0 Å². The zero-order chi connectivity index (χ0) is 8.97. The fraction of sp³-hybridized carbons (Fsp3) is 0.750. The summed E-state index contributed by atoms with van der Waals surface area (Å²) in [6.45, 7) is 0. The Balaban J connectivity index is 2.48. The fourth-order valence-corrected chi connectivity index (χ4v) is 1.53. The Hall–Kier alpha value is -1.24. The van der Waals surface area contributed by atoms with Gasteiger partial charge in [-0.1, -0.05) is 6.42 Å². The van der Waals surface area contributed by atoms with Gasteiger partial charge in [0.1, 0.15) is 6.10 Å². The summed E-state index contributed by atoms with van der Waals surface area (Å²) in [5, 5.41) is 8.69. The van der Waals surface area contributed by atoms with Crippen molar-refractivity contribution in [3.63, 3.8) is 0 Å². The summed E-state index contributed by atoms with van der Waals surface area (Å²) in [6, 6.07) is 2.13. The number of primary amides is 1. The second-order valence-electron chi connectivity index (χ2n) is 3.00. The lowest BCUT2D eigenvalue weighted by atomic mass is 9.87. The molecule has 0 spiro atoms. The Kier molecular flexibility index (Phi) is 2.92. The molecule has 2 atom stereocenters. The first-order valence-electron chi connectivity index (χ1n) is 4.09. The minimum Gasteiger partial charge on any atom is -0.445 e. The monoisotopic (exact) mass is 168 g/mol. The molecule has 66 valence electrons. The van der Waals surface area contributed by atoms with E-state index in [1.54, 1.807) is 0 Å². The molecule has 2 N–H and O–H groups in total. The molecular weight excluding hydrogens is 156 g/mol. The number of ether oxygens (including phenoxy) is 1. The van der Waals surface area contributed by atoms with Gasteiger partial charge in [0.05, 0.1) is 12.0 Å². The van der Waals surface area contributed by atoms with E-state index in [1.807, 2.05) is 0 Å². The Morgan fingerprint density at radius 3 is 2.75 bits per heavy atom. The second kappa shape index (κ2) is 3.96. The van der Waals surface area contributed by atoms with Crippen LogP contribution < -0.4 is 5.73 Å². The number of nitrogens with zero attached hydrogens (tertiary/aromatic N) is 1. The fourth-order valence-electron chi connectivity index (χ4n) is 1.53. The predicted octanol–water partition coefficient (Wildman–Crippen LogP) is 1.16. The second-order valence-corrected chi connectivity index (χ2v) is 3.00. The third-order valence-corrected chi connectivity index (χ3v) is 2.14. The molecule has 2 unspecified atom stereocenters. The van der Waals surface area contributed by atoms with Crippen LogP contribution in [0.15, 0.2) is 0 Å². The number of nitrogens with two attached hydrogens (primary N) is 1. The molecule has 1 amide bonds. The van der Waals surface area contributed by atoms with Crippen molar-refractivity contribution >= 4 is 6.09 Å². The van der Waals surface area contributed by atoms with Crippen molar-refractivity contribution in [3.8, 4) is 6.07 Å². The molecule has 0 heterocycles. The smallest absolute Gasteiger partial charge is 0.404 e. The molecule has 0 aliphatic heterocycles. The highest BCUT2D eigenvalue weighted by molar-refractivity contribution is 5.64. The molecule has 1 aliphatic rings. The summed E-state index contributed by atoms with van der Waals surface area (Å²) in [5.74, 6) is -0.161. The molecular formula is C8H12N2O2. The molecule has 0 radical (unpaired) electrons. The highest BCUT2D eigenvalue weighted by Crippen LogP contribution is 2.25. The molecule has 4 heteroatoms. The van der Waals surface area contributed by atoms with Gasteiger partial charge >= 0.3 is 6.09 Å². The van der Waals surface area contributed by atoms with Crippen molar-refractivity contribution < 1.29 is 9.53 Å². The van der Waals surface area contributed by atoms with Gasteiger partial charge in [-0.05, 0) is 19.3 Å². The Labute approximate surface area is 71.3 Å². The number of hydrogen-bond acceptors (Lipinski definition) is 3. The SMILES string of the molecule is N#CC1CCCCC1OC(N)=O. The van der Waals surface area contributed by atoms with Crippen LogP contribution >= 0.6 is 0 Å². The van der Waals surface area contributed by atoms with Crippen molar-refractivity contribution in [1.82, 2.24) is 0 Å². The summed E-state index contributed by atoms with van der Waals surface area (Å²) in [7, 11) is 0. The predicted molar refractivity (Wildman–Crippen MR) is 42.0 cm³/mol. The van der Waals surface area contributed by atoms with Gasteiger partial charge in [0.25, 0.3) is 0 Å². The van der Waals surface area contributed by atoms with Crippen LogP contribution in [0.4, 0.5) is 4.79 Å². The van der Waals surface area contributed by atoms with Crippen molar-refractivity contribution in [3.05, 3.63) is 0 Å². The van der Waals surface area contributed by atoms with Crippen LogP contribution in [-0.4, -0.2) is 12.2 Å². The van der Waals surface area contributed by atoms with Crippen LogP contribution in [0.5, 0.6) is 0 Å². The third kappa shape index (κ3) is 2.12. The van der Waals surface area contributed by atoms with Gasteiger partial charge in [-0.3, -0.25) is 0 Å². The molecule has 4 nitrogen and oxygen atoms in total. The summed E-state index contributed by atoms with van der Waals surface area (Å²) < 4.78 is 4.81. The maximum absolute atomic E-state index is 10.4. The third-order valence-electron chi connectivity index (χ3n) is 2.14. The molecule has 0 aromatic heterocycles. The van der Waals surface area contributed by atoms with E-state index in [0.717, 1.165) is 25.7 Å². The maximum Gasteiger partial charge on any atom is 0.404 e. The summed E-state index contributed by atoms with van der Waals surface area (Å²) >= 11 is 0. The zero-order valence-electron chi connectivity index (χ0n) is 6.82. The van der Waals surface area contributed by atoms with Crippen LogP contribution in [0.25, 0.3) is 0 Å². The van der Waals surface area contributed by atoms with Gasteiger partial charge in [-0.2, -0.15) is 5.26 Å². The molecule has 12 heavy (non-hydrogen) atoms. The van der Waals surface area contributed by atoms with Gasteiger partial charge in [0, 0.05) is 0 Å². The van der Waals surface area contributed by atoms with E-state index in [-0.39, 0.29) is 12.0 Å². The number of rotatable bonds is 1. The minimum absolute atomic E-state index is 0.161. The van der Waals surface area contributed by atoms with Crippen LogP contribution in [0.3, 0.4) is 0 Å². The van der Waals surface area contributed by atoms with Crippen molar-refractivity contribution in [2.24, 2.45) is 11.7 Å². The van der Waals surface area contributed by atoms with Gasteiger partial charge < -0.3 is 10.5 Å². The number of nitriles is 1. The molecule has 1 fully saturated rings. The lowest BCUT2D eigenvalue weighted by molar-refractivity contribution is 0.0610. The minimum atomic E-state index is -0.776. The van der Waals surface area contributed by atoms with Gasteiger partial charge in [0.15, 0.2) is 0 Å². The maximum atomic E-state index is 10.4. The molecule has 1 aliphatic carbocycles. The topological polar surface area (TPSA) is 76.1 Å². The Morgan fingerprint density at radius 2 is 2.17 bits per heavy atom. The number of hydrogen-bond donors (Lipinski definition) is 1. The molecule has 0 aromatic rings. The summed E-state index contributed by atoms with van der Waals surface area (Å²) in [6.07, 6.45) is 2.58. The number of carbonyl (C=O) groups excluding carboxylic acids is 1. The van der Waals surface area contributed by atoms with E-state index in [1.165, 1.54) is 0 Å². The van der Waals surface area contributed by atoms with E-state index in [9.17, 15) is 4.79 Å². The Bertz CT molecular complexity index is 210. The van der Waals surface area contributed by atoms with Crippen LogP contribution in [0.1, 0.15) is 25.7 Å². The largest absolute Gasteiger partial charge is 0.445 e. The van der Waals surface area contributed by atoms with Gasteiger partial charge in [0.2, 0.25) is 0 Å². The van der Waals surface area contributed by atoms with Crippen LogP contribution in [0, 0.1) is 17.2 Å². The lowest BCUT2D eigenvalue weighted by Crippen LogP contribution is -2.31. The van der Waals surface area contributed by atoms with Crippen LogP contribution in [-0.2, 0) is 4.74 Å². The zero-order valence-corrected chi connectivity index (χ0v) is 6.82. The molecule has 0 saturated heterocycles. The number of amides is 1. The van der Waals surface area contributed by atoms with E-state index in [2.05, 4.69) is 6.07 Å². The van der Waals surface area contributed by atoms with Gasteiger partial charge in [-0.25, -0.2) is 4.79 Å². The first kappa shape index (κ1) is 8.85. The first-order valence-corrected chi connectivity index (χ1v) is 4.09. The average Bonchev–Trinajstić information content (AvgIpc) is 2.04. The van der Waals surface area contributed by atoms with Crippen molar-refractivity contribution in [2.45, 2.75) is 31.8 Å². The Morgan fingerprint density at radius 1 is 1.50 bits per heavy atom. The molecule has 0 aromatic carbocycles. The first-order chi connectivity index (χ1) is 5.74.